The Labute approximate surface area is 164 Å². The zero-order chi connectivity index (χ0) is 19.2. The number of hydrogen-bond acceptors (Lipinski definition) is 5. The fourth-order valence-electron chi connectivity index (χ4n) is 3.07. The minimum atomic E-state index is -1.17. The van der Waals surface area contributed by atoms with Gasteiger partial charge in [0.1, 0.15) is 17.0 Å². The number of nitrogens with zero attached hydrogens (tertiary/aromatic N) is 2. The maximum absolute atomic E-state index is 13.0. The fraction of sp³-hybridized carbons (Fsp3) is 0.211. The largest absolute Gasteiger partial charge is 0.440 e. The molecule has 1 aromatic carbocycles. The van der Waals surface area contributed by atoms with Gasteiger partial charge in [0.25, 0.3) is 5.91 Å². The standard InChI is InChI=1S/C19H16ClN3O3S/c1-11-14(21-16(26-11)15-7-4-8-27-15)10-23-17(24)19(2,22-18(23)25)12-5-3-6-13(20)9-12/h3-9H,10H2,1-2H3,(H,22,25). The van der Waals surface area contributed by atoms with Gasteiger partial charge in [-0.1, -0.05) is 29.8 Å². The normalized spacial score (nSPS) is 19.6. The molecule has 138 valence electrons. The number of hydrogen-bond donors (Lipinski definition) is 1. The van der Waals surface area contributed by atoms with Crippen molar-refractivity contribution >= 4 is 34.9 Å². The molecule has 1 aliphatic heterocycles. The first-order valence-corrected chi connectivity index (χ1v) is 9.54. The van der Waals surface area contributed by atoms with Gasteiger partial charge in [-0.2, -0.15) is 0 Å². The Bertz CT molecular complexity index is 1030. The predicted molar refractivity (Wildman–Crippen MR) is 102 cm³/mol. The highest BCUT2D eigenvalue weighted by atomic mass is 35.5. The zero-order valence-corrected chi connectivity index (χ0v) is 16.2. The average molecular weight is 402 g/mol. The van der Waals surface area contributed by atoms with Crippen molar-refractivity contribution in [1.29, 1.82) is 0 Å². The molecule has 4 rings (SSSR count). The van der Waals surface area contributed by atoms with Crippen molar-refractivity contribution in [2.45, 2.75) is 25.9 Å². The van der Waals surface area contributed by atoms with Gasteiger partial charge in [-0.05, 0) is 43.0 Å². The number of rotatable bonds is 4. The van der Waals surface area contributed by atoms with E-state index >= 15 is 0 Å². The summed E-state index contributed by atoms with van der Waals surface area (Å²) in [5, 5.41) is 5.21. The van der Waals surface area contributed by atoms with E-state index in [1.165, 1.54) is 11.3 Å². The number of oxazole rings is 1. The maximum atomic E-state index is 13.0. The van der Waals surface area contributed by atoms with Crippen LogP contribution in [0.1, 0.15) is 23.9 Å². The summed E-state index contributed by atoms with van der Waals surface area (Å²) in [6, 6.07) is 10.3. The Balaban J connectivity index is 1.62. The van der Waals surface area contributed by atoms with E-state index in [4.69, 9.17) is 16.0 Å². The molecule has 3 amide bonds. The van der Waals surface area contributed by atoms with Gasteiger partial charge >= 0.3 is 6.03 Å². The van der Waals surface area contributed by atoms with Crippen LogP contribution in [0.3, 0.4) is 0 Å². The Morgan fingerprint density at radius 3 is 2.81 bits per heavy atom. The topological polar surface area (TPSA) is 75.4 Å². The third-order valence-electron chi connectivity index (χ3n) is 4.61. The monoisotopic (exact) mass is 401 g/mol. The van der Waals surface area contributed by atoms with Crippen LogP contribution in [0.4, 0.5) is 4.79 Å². The van der Waals surface area contributed by atoms with Crippen LogP contribution in [0.5, 0.6) is 0 Å². The molecule has 3 heterocycles. The second kappa shape index (κ2) is 6.51. The molecular weight excluding hydrogens is 386 g/mol. The lowest BCUT2D eigenvalue weighted by atomic mass is 9.92. The van der Waals surface area contributed by atoms with Crippen molar-refractivity contribution in [3.05, 3.63) is 63.8 Å². The third-order valence-corrected chi connectivity index (χ3v) is 5.70. The van der Waals surface area contributed by atoms with Crippen LogP contribution in [0.25, 0.3) is 10.8 Å². The van der Waals surface area contributed by atoms with E-state index in [2.05, 4.69) is 10.3 Å². The van der Waals surface area contributed by atoms with Gasteiger partial charge in [0.2, 0.25) is 5.89 Å². The van der Waals surface area contributed by atoms with E-state index in [1.54, 1.807) is 38.1 Å². The first-order valence-electron chi connectivity index (χ1n) is 8.29. The Kier molecular flexibility index (Phi) is 4.28. The van der Waals surface area contributed by atoms with Crippen molar-refractivity contribution in [2.24, 2.45) is 0 Å². The molecule has 0 saturated carbocycles. The molecule has 1 aliphatic rings. The van der Waals surface area contributed by atoms with E-state index < -0.39 is 11.6 Å². The summed E-state index contributed by atoms with van der Waals surface area (Å²) in [7, 11) is 0. The molecule has 0 bridgehead atoms. The highest BCUT2D eigenvalue weighted by Gasteiger charge is 2.49. The molecule has 1 fully saturated rings. The second-order valence-corrected chi connectivity index (χ2v) is 7.84. The van der Waals surface area contributed by atoms with Crippen LogP contribution in [0, 0.1) is 6.92 Å². The van der Waals surface area contributed by atoms with E-state index in [0.29, 0.717) is 27.9 Å². The van der Waals surface area contributed by atoms with Crippen LogP contribution in [-0.2, 0) is 16.9 Å². The number of aromatic nitrogens is 1. The van der Waals surface area contributed by atoms with Crippen molar-refractivity contribution in [3.8, 4) is 10.8 Å². The molecule has 0 radical (unpaired) electrons. The summed E-state index contributed by atoms with van der Waals surface area (Å²) in [6.45, 7) is 3.49. The van der Waals surface area contributed by atoms with Crippen LogP contribution < -0.4 is 5.32 Å². The lowest BCUT2D eigenvalue weighted by molar-refractivity contribution is -0.131. The van der Waals surface area contributed by atoms with Crippen molar-refractivity contribution in [3.63, 3.8) is 0 Å². The first kappa shape index (κ1) is 17.8. The van der Waals surface area contributed by atoms with Crippen LogP contribution in [-0.4, -0.2) is 21.8 Å². The maximum Gasteiger partial charge on any atom is 0.325 e. The number of halogens is 1. The highest BCUT2D eigenvalue weighted by molar-refractivity contribution is 7.13. The summed E-state index contributed by atoms with van der Waals surface area (Å²) < 4.78 is 5.70. The van der Waals surface area contributed by atoms with Crippen molar-refractivity contribution in [1.82, 2.24) is 15.2 Å². The third kappa shape index (κ3) is 3.02. The number of thiophene rings is 1. The Morgan fingerprint density at radius 2 is 2.11 bits per heavy atom. The summed E-state index contributed by atoms with van der Waals surface area (Å²) in [5.41, 5.74) is 0.0141. The molecule has 1 saturated heterocycles. The van der Waals surface area contributed by atoms with Crippen molar-refractivity contribution in [2.75, 3.05) is 0 Å². The molecule has 0 spiro atoms. The molecule has 8 heteroatoms. The van der Waals surface area contributed by atoms with E-state index in [9.17, 15) is 9.59 Å². The summed E-state index contributed by atoms with van der Waals surface area (Å²) in [6.07, 6.45) is 0. The van der Waals surface area contributed by atoms with E-state index in [1.807, 2.05) is 17.5 Å². The average Bonchev–Trinajstić information content (AvgIpc) is 3.32. The minimum absolute atomic E-state index is 0.0432. The van der Waals surface area contributed by atoms with Gasteiger partial charge in [-0.25, -0.2) is 9.78 Å². The molecule has 1 N–H and O–H groups in total. The van der Waals surface area contributed by atoms with Crippen LogP contribution >= 0.6 is 22.9 Å². The predicted octanol–water partition coefficient (Wildman–Crippen LogP) is 4.33. The number of urea groups is 1. The van der Waals surface area contributed by atoms with Crippen molar-refractivity contribution < 1.29 is 14.0 Å². The summed E-state index contributed by atoms with van der Waals surface area (Å²) >= 11 is 7.56. The Morgan fingerprint density at radius 1 is 1.30 bits per heavy atom. The van der Waals surface area contributed by atoms with Gasteiger partial charge in [0.05, 0.1) is 11.4 Å². The zero-order valence-electron chi connectivity index (χ0n) is 14.7. The van der Waals surface area contributed by atoms with Crippen LogP contribution in [0.2, 0.25) is 5.02 Å². The SMILES string of the molecule is Cc1oc(-c2cccs2)nc1CN1C(=O)NC(C)(c2cccc(Cl)c2)C1=O. The number of imide groups is 1. The van der Waals surface area contributed by atoms with Gasteiger partial charge < -0.3 is 9.73 Å². The van der Waals surface area contributed by atoms with Gasteiger partial charge in [0, 0.05) is 5.02 Å². The van der Waals surface area contributed by atoms with Gasteiger partial charge in [-0.3, -0.25) is 9.69 Å². The van der Waals surface area contributed by atoms with E-state index in [0.717, 1.165) is 9.78 Å². The smallest absolute Gasteiger partial charge is 0.325 e. The molecule has 0 aliphatic carbocycles. The molecular formula is C19H16ClN3O3S. The highest BCUT2D eigenvalue weighted by Crippen LogP contribution is 2.32. The fourth-order valence-corrected chi connectivity index (χ4v) is 3.91. The minimum Gasteiger partial charge on any atom is -0.440 e. The molecule has 1 atom stereocenters. The lowest BCUT2D eigenvalue weighted by Gasteiger charge is -2.22. The van der Waals surface area contributed by atoms with Gasteiger partial charge in [0.15, 0.2) is 0 Å². The number of carbonyl (C=O) groups is 2. The second-order valence-electron chi connectivity index (χ2n) is 6.46. The molecule has 3 aromatic rings. The van der Waals surface area contributed by atoms with Crippen LogP contribution in [0.15, 0.2) is 46.2 Å². The first-order chi connectivity index (χ1) is 12.9. The van der Waals surface area contributed by atoms with Gasteiger partial charge in [-0.15, -0.1) is 11.3 Å². The number of benzene rings is 1. The quantitative estimate of drug-likeness (QED) is 0.660. The number of amides is 3. The van der Waals surface area contributed by atoms with E-state index in [-0.39, 0.29) is 12.5 Å². The summed E-state index contributed by atoms with van der Waals surface area (Å²) in [4.78, 5) is 32.1. The molecule has 27 heavy (non-hydrogen) atoms. The number of aryl methyl sites for hydroxylation is 1. The number of carbonyl (C=O) groups excluding carboxylic acids is 2. The Hall–Kier alpha value is -2.64. The number of nitrogens with one attached hydrogen (secondary N) is 1. The molecule has 2 aromatic heterocycles. The lowest BCUT2D eigenvalue weighted by Crippen LogP contribution is -2.40. The molecule has 1 unspecified atom stereocenters. The molecule has 6 nitrogen and oxygen atoms in total. The summed E-state index contributed by atoms with van der Waals surface area (Å²) in [5.74, 6) is 0.715.